The van der Waals surface area contributed by atoms with Gasteiger partial charge in [0.2, 0.25) is 0 Å². The standard InChI is InChI=1S/C17H20N2O6S/c1-9(20)8-19-14(21)12-6-5-11(16(23)25-4)7-13(12)18-17(19)26-10(2)15(22)24-3/h5-7,9-10,20H,8H2,1-4H3/t9-,10+/m1/s1. The molecule has 0 saturated carbocycles. The Morgan fingerprint density at radius 2 is 1.96 bits per heavy atom. The summed E-state index contributed by atoms with van der Waals surface area (Å²) >= 11 is 1.04. The van der Waals surface area contributed by atoms with Crippen LogP contribution in [0.25, 0.3) is 10.9 Å². The number of rotatable bonds is 6. The summed E-state index contributed by atoms with van der Waals surface area (Å²) in [5, 5.41) is 9.66. The van der Waals surface area contributed by atoms with E-state index < -0.39 is 23.3 Å². The fourth-order valence-electron chi connectivity index (χ4n) is 2.33. The molecule has 2 aromatic rings. The Hall–Kier alpha value is -2.39. The maximum Gasteiger partial charge on any atom is 0.337 e. The lowest BCUT2D eigenvalue weighted by Crippen LogP contribution is -2.29. The van der Waals surface area contributed by atoms with Crippen LogP contribution in [0.4, 0.5) is 0 Å². The summed E-state index contributed by atoms with van der Waals surface area (Å²) in [6, 6.07) is 4.43. The highest BCUT2D eigenvalue weighted by Crippen LogP contribution is 2.24. The first kappa shape index (κ1) is 19.9. The Balaban J connectivity index is 2.63. The molecule has 1 heterocycles. The quantitative estimate of drug-likeness (QED) is 0.453. The summed E-state index contributed by atoms with van der Waals surface area (Å²) in [6.45, 7) is 3.20. The van der Waals surface area contributed by atoms with Crippen LogP contribution in [-0.2, 0) is 20.8 Å². The number of hydrogen-bond donors (Lipinski definition) is 1. The van der Waals surface area contributed by atoms with Crippen LogP contribution in [0.15, 0.2) is 28.2 Å². The molecule has 140 valence electrons. The van der Waals surface area contributed by atoms with E-state index in [4.69, 9.17) is 4.74 Å². The number of aromatic nitrogens is 2. The molecule has 1 aromatic carbocycles. The normalized spacial score (nSPS) is 13.3. The second kappa shape index (κ2) is 8.33. The van der Waals surface area contributed by atoms with Gasteiger partial charge in [0.15, 0.2) is 5.16 Å². The smallest absolute Gasteiger partial charge is 0.337 e. The highest BCUT2D eigenvalue weighted by molar-refractivity contribution is 8.00. The van der Waals surface area contributed by atoms with Crippen LogP contribution in [-0.4, -0.2) is 52.2 Å². The number of carbonyl (C=O) groups is 2. The molecule has 1 aromatic heterocycles. The number of thioether (sulfide) groups is 1. The average molecular weight is 380 g/mol. The molecular weight excluding hydrogens is 360 g/mol. The first-order chi connectivity index (χ1) is 12.3. The van der Waals surface area contributed by atoms with E-state index in [1.807, 2.05) is 0 Å². The maximum absolute atomic E-state index is 12.8. The van der Waals surface area contributed by atoms with E-state index in [9.17, 15) is 19.5 Å². The SMILES string of the molecule is COC(=O)c1ccc2c(=O)n(C[C@@H](C)O)c(S[C@@H](C)C(=O)OC)nc2c1. The van der Waals surface area contributed by atoms with Crippen LogP contribution in [0.1, 0.15) is 24.2 Å². The van der Waals surface area contributed by atoms with Crippen molar-refractivity contribution in [3.63, 3.8) is 0 Å². The van der Waals surface area contributed by atoms with Crippen molar-refractivity contribution in [1.82, 2.24) is 9.55 Å². The molecule has 0 fully saturated rings. The zero-order chi connectivity index (χ0) is 19.4. The van der Waals surface area contributed by atoms with Crippen molar-refractivity contribution in [3.8, 4) is 0 Å². The van der Waals surface area contributed by atoms with E-state index in [0.717, 1.165) is 11.8 Å². The van der Waals surface area contributed by atoms with Gasteiger partial charge in [-0.05, 0) is 32.0 Å². The molecule has 0 unspecified atom stereocenters. The predicted molar refractivity (Wildman–Crippen MR) is 96.4 cm³/mol. The van der Waals surface area contributed by atoms with E-state index in [-0.39, 0.29) is 22.8 Å². The van der Waals surface area contributed by atoms with Crippen molar-refractivity contribution in [2.24, 2.45) is 0 Å². The van der Waals surface area contributed by atoms with Gasteiger partial charge in [0, 0.05) is 0 Å². The highest BCUT2D eigenvalue weighted by atomic mass is 32.2. The van der Waals surface area contributed by atoms with Gasteiger partial charge in [-0.3, -0.25) is 14.2 Å². The molecule has 1 N–H and O–H groups in total. The third-order valence-corrected chi connectivity index (χ3v) is 4.67. The number of nitrogens with zero attached hydrogens (tertiary/aromatic N) is 2. The number of hydrogen-bond acceptors (Lipinski definition) is 8. The monoisotopic (exact) mass is 380 g/mol. The molecule has 9 heteroatoms. The summed E-state index contributed by atoms with van der Waals surface area (Å²) < 4.78 is 10.7. The number of aliphatic hydroxyl groups is 1. The zero-order valence-corrected chi connectivity index (χ0v) is 15.7. The van der Waals surface area contributed by atoms with Gasteiger partial charge in [0.1, 0.15) is 5.25 Å². The van der Waals surface area contributed by atoms with Crippen LogP contribution in [0, 0.1) is 0 Å². The summed E-state index contributed by atoms with van der Waals surface area (Å²) in [7, 11) is 2.54. The Morgan fingerprint density at radius 1 is 1.27 bits per heavy atom. The minimum atomic E-state index is -0.783. The second-order valence-corrected chi connectivity index (χ2v) is 6.97. The van der Waals surface area contributed by atoms with Crippen LogP contribution in [0.5, 0.6) is 0 Å². The van der Waals surface area contributed by atoms with Gasteiger partial charge in [0.25, 0.3) is 5.56 Å². The maximum atomic E-state index is 12.8. The fraction of sp³-hybridized carbons (Fsp3) is 0.412. The summed E-state index contributed by atoms with van der Waals surface area (Å²) in [5.74, 6) is -1.00. The van der Waals surface area contributed by atoms with Crippen molar-refractivity contribution in [3.05, 3.63) is 34.1 Å². The number of esters is 2. The first-order valence-corrected chi connectivity index (χ1v) is 8.72. The van der Waals surface area contributed by atoms with Gasteiger partial charge in [-0.25, -0.2) is 9.78 Å². The zero-order valence-electron chi connectivity index (χ0n) is 14.9. The van der Waals surface area contributed by atoms with E-state index in [2.05, 4.69) is 9.72 Å². The van der Waals surface area contributed by atoms with Crippen molar-refractivity contribution in [1.29, 1.82) is 0 Å². The lowest BCUT2D eigenvalue weighted by atomic mass is 10.1. The van der Waals surface area contributed by atoms with Crippen molar-refractivity contribution in [2.75, 3.05) is 14.2 Å². The summed E-state index contributed by atoms with van der Waals surface area (Å²) in [4.78, 5) is 40.7. The van der Waals surface area contributed by atoms with Gasteiger partial charge in [-0.1, -0.05) is 11.8 Å². The number of ether oxygens (including phenoxy) is 2. The number of methoxy groups -OCH3 is 2. The van der Waals surface area contributed by atoms with Gasteiger partial charge < -0.3 is 14.6 Å². The molecule has 0 spiro atoms. The number of aliphatic hydroxyl groups excluding tert-OH is 1. The molecule has 0 aliphatic carbocycles. The predicted octanol–water partition coefficient (Wildman–Crippen LogP) is 1.22. The molecular formula is C17H20N2O6S. The first-order valence-electron chi connectivity index (χ1n) is 7.84. The van der Waals surface area contributed by atoms with E-state index in [1.165, 1.54) is 37.0 Å². The summed E-state index contributed by atoms with van der Waals surface area (Å²) in [5.41, 5.74) is 0.198. The molecule has 26 heavy (non-hydrogen) atoms. The van der Waals surface area contributed by atoms with E-state index in [1.54, 1.807) is 13.8 Å². The van der Waals surface area contributed by atoms with E-state index >= 15 is 0 Å². The van der Waals surface area contributed by atoms with Gasteiger partial charge >= 0.3 is 11.9 Å². The average Bonchev–Trinajstić information content (AvgIpc) is 2.62. The lowest BCUT2D eigenvalue weighted by molar-refractivity contribution is -0.139. The second-order valence-electron chi connectivity index (χ2n) is 5.67. The minimum absolute atomic E-state index is 0.0246. The van der Waals surface area contributed by atoms with Crippen LogP contribution in [0.3, 0.4) is 0 Å². The highest BCUT2D eigenvalue weighted by Gasteiger charge is 2.21. The number of benzene rings is 1. The van der Waals surface area contributed by atoms with Gasteiger partial charge in [-0.15, -0.1) is 0 Å². The Morgan fingerprint density at radius 3 is 2.54 bits per heavy atom. The largest absolute Gasteiger partial charge is 0.468 e. The fourth-order valence-corrected chi connectivity index (χ4v) is 3.28. The van der Waals surface area contributed by atoms with Crippen molar-refractivity contribution >= 4 is 34.6 Å². The molecule has 0 bridgehead atoms. The topological polar surface area (TPSA) is 108 Å². The Kier molecular flexibility index (Phi) is 6.38. The van der Waals surface area contributed by atoms with Crippen molar-refractivity contribution < 1.29 is 24.2 Å². The number of carbonyl (C=O) groups excluding carboxylic acids is 2. The molecule has 0 saturated heterocycles. The van der Waals surface area contributed by atoms with Crippen molar-refractivity contribution in [2.45, 2.75) is 36.9 Å². The minimum Gasteiger partial charge on any atom is -0.468 e. The molecule has 0 aliphatic heterocycles. The Bertz CT molecular complexity index is 893. The van der Waals surface area contributed by atoms with Crippen LogP contribution < -0.4 is 5.56 Å². The molecule has 0 radical (unpaired) electrons. The molecule has 2 atom stereocenters. The third-order valence-electron chi connectivity index (χ3n) is 3.60. The summed E-state index contributed by atoms with van der Waals surface area (Å²) in [6.07, 6.45) is -0.783. The molecule has 0 aliphatic rings. The number of fused-ring (bicyclic) bond motifs is 1. The molecule has 0 amide bonds. The van der Waals surface area contributed by atoms with Crippen LogP contribution >= 0.6 is 11.8 Å². The van der Waals surface area contributed by atoms with Crippen LogP contribution in [0.2, 0.25) is 0 Å². The molecule has 2 rings (SSSR count). The van der Waals surface area contributed by atoms with Gasteiger partial charge in [-0.2, -0.15) is 0 Å². The molecule has 8 nitrogen and oxygen atoms in total. The third kappa shape index (κ3) is 4.23. The van der Waals surface area contributed by atoms with E-state index in [0.29, 0.717) is 10.9 Å². The Labute approximate surface area is 154 Å². The van der Waals surface area contributed by atoms with Gasteiger partial charge in [0.05, 0.1) is 43.3 Å². The lowest BCUT2D eigenvalue weighted by Gasteiger charge is -2.16.